The topological polar surface area (TPSA) is 0 Å². The molecule has 7 heavy (non-hydrogen) atoms. The summed E-state index contributed by atoms with van der Waals surface area (Å²) in [6.07, 6.45) is 0. The molecule has 0 saturated heterocycles. The summed E-state index contributed by atoms with van der Waals surface area (Å²) in [6.45, 7) is 2.05. The fourth-order valence-corrected chi connectivity index (χ4v) is 0. The zero-order chi connectivity index (χ0) is 4.50. The van der Waals surface area contributed by atoms with Crippen molar-refractivity contribution in [2.75, 3.05) is 0 Å². The van der Waals surface area contributed by atoms with Gasteiger partial charge in [-0.15, -0.1) is 22.2 Å². The Morgan fingerprint density at radius 3 is 1.14 bits per heavy atom. The largest absolute Gasteiger partial charge is 0.269 e. The van der Waals surface area contributed by atoms with Crippen LogP contribution in [0.3, 0.4) is 0 Å². The van der Waals surface area contributed by atoms with Crippen LogP contribution < -0.4 is 0 Å². The first kappa shape index (κ1) is 15.7. The Morgan fingerprint density at radius 1 is 1.14 bits per heavy atom. The Balaban J connectivity index is -0.0000000800. The highest BCUT2D eigenvalue weighted by Crippen LogP contribution is 2.10. The van der Waals surface area contributed by atoms with E-state index in [-0.39, 0.29) is 15.7 Å². The van der Waals surface area contributed by atoms with Crippen LogP contribution in [-0.2, 0) is 0 Å². The molecule has 0 aromatic heterocycles. The Hall–Kier alpha value is 0.944. The minimum atomic E-state index is -1.67. The summed E-state index contributed by atoms with van der Waals surface area (Å²) in [6, 6.07) is 0. The summed E-state index contributed by atoms with van der Waals surface area (Å²) in [4.78, 5) is 0. The van der Waals surface area contributed by atoms with Crippen LogP contribution in [0.4, 0.5) is 4.70 Å². The molecule has 0 spiro atoms. The average Bonchev–Trinajstić information content (AvgIpc) is 0.722. The number of halogens is 3. The lowest BCUT2D eigenvalue weighted by molar-refractivity contribution is 1.11. The lowest BCUT2D eigenvalue weighted by Gasteiger charge is -1.93. The molecule has 0 aliphatic heterocycles. The fraction of sp³-hybridized carbons (Fsp3) is 1.00. The van der Waals surface area contributed by atoms with E-state index in [1.165, 1.54) is 0 Å². The highest BCUT2D eigenvalue weighted by atomic mass is 35.7. The van der Waals surface area contributed by atoms with Crippen LogP contribution >= 0.6 is 22.2 Å². The van der Waals surface area contributed by atoms with Gasteiger partial charge in [-0.1, -0.05) is 0 Å². The van der Waals surface area contributed by atoms with E-state index >= 15 is 0 Å². The van der Waals surface area contributed by atoms with E-state index < -0.39 is 6.69 Å². The Bertz CT molecular complexity index is 29.2. The van der Waals surface area contributed by atoms with Crippen LogP contribution in [0.25, 0.3) is 0 Å². The molecule has 48 valence electrons. The van der Waals surface area contributed by atoms with Gasteiger partial charge in [-0.3, -0.25) is 4.70 Å². The second-order valence-electron chi connectivity index (χ2n) is 1.33. The minimum Gasteiger partial charge on any atom is -0.269 e. The zero-order valence-corrected chi connectivity index (χ0v) is 6.18. The maximum absolute atomic E-state index is 5.43. The molecule has 0 radical (unpaired) electrons. The molecule has 0 heterocycles. The van der Waals surface area contributed by atoms with Crippen molar-refractivity contribution in [3.05, 3.63) is 0 Å². The molecule has 0 aliphatic carbocycles. The highest BCUT2D eigenvalue weighted by molar-refractivity contribution is 7.44. The monoisotopic (exact) mass is 180 g/mol. The molecule has 0 amide bonds. The summed E-state index contributed by atoms with van der Waals surface area (Å²) in [7, 11) is 0. The Kier molecular flexibility index (Phi) is 11.4. The fourth-order valence-electron chi connectivity index (χ4n) is 0. The lowest BCUT2D eigenvalue weighted by atomic mass is 11.9. The zero-order valence-electron chi connectivity index (χ0n) is 3.66. The summed E-state index contributed by atoms with van der Waals surface area (Å²) in [5.41, 5.74) is 0. The molecule has 5 heteroatoms. The van der Waals surface area contributed by atoms with E-state index in [1.807, 2.05) is 13.1 Å². The van der Waals surface area contributed by atoms with E-state index in [0.29, 0.717) is 0 Å². The molecule has 0 nitrogen and oxygen atoms in total. The van der Waals surface area contributed by atoms with E-state index in [0.717, 1.165) is 0 Å². The molecule has 0 aromatic carbocycles. The molecule has 0 N–H and O–H groups in total. The van der Waals surface area contributed by atoms with E-state index in [9.17, 15) is 0 Å². The standard InChI is InChI=1S/C2H6Cl2Si.FH.H4Si/c1-5(2,3)4;;/h1-2H3;1H;1H4. The summed E-state index contributed by atoms with van der Waals surface area (Å²) >= 11 is 10.9. The van der Waals surface area contributed by atoms with Crippen LogP contribution in [0.2, 0.25) is 13.1 Å². The third kappa shape index (κ3) is 191. The van der Waals surface area contributed by atoms with Crippen LogP contribution in [0, 0.1) is 0 Å². The molecular weight excluding hydrogens is 170 g/mol. The van der Waals surface area contributed by atoms with Gasteiger partial charge in [-0.05, 0) is 24.1 Å². The summed E-state index contributed by atoms with van der Waals surface area (Å²) < 4.78 is 0. The SMILES string of the molecule is C[Si](C)(Cl)Cl.F.[SiH4]. The van der Waals surface area contributed by atoms with Crippen molar-refractivity contribution in [1.82, 2.24) is 0 Å². The van der Waals surface area contributed by atoms with Gasteiger partial charge < -0.3 is 0 Å². The molecule has 0 unspecified atom stereocenters. The number of hydrogen-bond donors (Lipinski definition) is 0. The third-order valence-corrected chi connectivity index (χ3v) is 0. The van der Waals surface area contributed by atoms with E-state index in [1.54, 1.807) is 0 Å². The highest BCUT2D eigenvalue weighted by Gasteiger charge is 2.08. The number of rotatable bonds is 0. The maximum atomic E-state index is 5.43. The van der Waals surface area contributed by atoms with Gasteiger partial charge in [0, 0.05) is 0 Å². The molecule has 0 aromatic rings. The summed E-state index contributed by atoms with van der Waals surface area (Å²) in [5.74, 6) is 0. The first-order chi connectivity index (χ1) is 2.00. The molecule has 0 aliphatic rings. The van der Waals surface area contributed by atoms with Gasteiger partial charge in [0.2, 0.25) is 6.69 Å². The van der Waals surface area contributed by atoms with Gasteiger partial charge in [-0.2, -0.15) is 0 Å². The number of hydrogen-bond acceptors (Lipinski definition) is 0. The van der Waals surface area contributed by atoms with Crippen LogP contribution in [0.15, 0.2) is 0 Å². The molecule has 0 saturated carbocycles. The summed E-state index contributed by atoms with van der Waals surface area (Å²) in [5, 5.41) is 0. The van der Waals surface area contributed by atoms with Gasteiger partial charge in [-0.25, -0.2) is 0 Å². The molecule has 0 bridgehead atoms. The van der Waals surface area contributed by atoms with Crippen molar-refractivity contribution in [3.63, 3.8) is 0 Å². The maximum Gasteiger partial charge on any atom is 0.245 e. The predicted octanol–water partition coefficient (Wildman–Crippen LogP) is 0.867. The quantitative estimate of drug-likeness (QED) is 0.384. The van der Waals surface area contributed by atoms with E-state index in [2.05, 4.69) is 0 Å². The smallest absolute Gasteiger partial charge is 0.245 e. The second-order valence-corrected chi connectivity index (χ2v) is 10.2. The predicted molar refractivity (Wildman–Crippen MR) is 43.0 cm³/mol. The van der Waals surface area contributed by atoms with E-state index in [4.69, 9.17) is 22.2 Å². The van der Waals surface area contributed by atoms with Gasteiger partial charge in [0.05, 0.1) is 0 Å². The second kappa shape index (κ2) is 5.09. The van der Waals surface area contributed by atoms with Crippen molar-refractivity contribution in [2.24, 2.45) is 0 Å². The normalized spacial score (nSPS) is 8.57. The van der Waals surface area contributed by atoms with Crippen LogP contribution in [0.1, 0.15) is 0 Å². The van der Waals surface area contributed by atoms with Crippen molar-refractivity contribution in [3.8, 4) is 0 Å². The first-order valence-corrected chi connectivity index (χ1v) is 6.40. The Morgan fingerprint density at radius 2 is 1.14 bits per heavy atom. The molecular formula is C2H11Cl2FSi2. The van der Waals surface area contributed by atoms with Gasteiger partial charge in [0.15, 0.2) is 0 Å². The molecule has 0 atom stereocenters. The lowest BCUT2D eigenvalue weighted by Crippen LogP contribution is -2.02. The van der Waals surface area contributed by atoms with Crippen molar-refractivity contribution < 1.29 is 4.70 Å². The van der Waals surface area contributed by atoms with Crippen molar-refractivity contribution in [1.29, 1.82) is 0 Å². The van der Waals surface area contributed by atoms with Crippen LogP contribution in [-0.4, -0.2) is 17.7 Å². The minimum absolute atomic E-state index is 0. The van der Waals surface area contributed by atoms with Gasteiger partial charge >= 0.3 is 0 Å². The van der Waals surface area contributed by atoms with Gasteiger partial charge in [0.25, 0.3) is 0 Å². The van der Waals surface area contributed by atoms with Gasteiger partial charge in [0.1, 0.15) is 0 Å². The first-order valence-electron chi connectivity index (χ1n) is 1.38. The van der Waals surface area contributed by atoms with Crippen molar-refractivity contribution >= 4 is 39.8 Å². The van der Waals surface area contributed by atoms with Crippen molar-refractivity contribution in [2.45, 2.75) is 13.1 Å². The average molecular weight is 181 g/mol. The Labute approximate surface area is 58.0 Å². The molecule has 0 rings (SSSR count). The van der Waals surface area contributed by atoms with Crippen LogP contribution in [0.5, 0.6) is 0 Å². The molecule has 0 fully saturated rings. The third-order valence-electron chi connectivity index (χ3n) is 0.